The van der Waals surface area contributed by atoms with Crippen molar-refractivity contribution in [2.24, 2.45) is 0 Å². The van der Waals surface area contributed by atoms with Gasteiger partial charge in [0.1, 0.15) is 0 Å². The van der Waals surface area contributed by atoms with Crippen molar-refractivity contribution in [3.8, 4) is 0 Å². The fourth-order valence-corrected chi connectivity index (χ4v) is 2.31. The predicted octanol–water partition coefficient (Wildman–Crippen LogP) is 2.32. The van der Waals surface area contributed by atoms with Crippen LogP contribution in [0.5, 0.6) is 0 Å². The number of amides is 2. The van der Waals surface area contributed by atoms with Crippen molar-refractivity contribution in [2.45, 2.75) is 38.6 Å². The second kappa shape index (κ2) is 5.67. The van der Waals surface area contributed by atoms with Gasteiger partial charge in [-0.15, -0.1) is 0 Å². The molecule has 18 heavy (non-hydrogen) atoms. The number of rotatable bonds is 3. The summed E-state index contributed by atoms with van der Waals surface area (Å²) in [5.41, 5.74) is 1.10. The number of nitrogens with one attached hydrogen (secondary N) is 2. The number of carbonyl (C=O) groups excluding carboxylic acids is 2. The Bertz CT molecular complexity index is 451. The van der Waals surface area contributed by atoms with Crippen LogP contribution in [-0.2, 0) is 4.79 Å². The first kappa shape index (κ1) is 12.6. The van der Waals surface area contributed by atoms with E-state index in [1.54, 1.807) is 24.3 Å². The molecule has 1 aromatic carbocycles. The van der Waals surface area contributed by atoms with E-state index in [9.17, 15) is 9.59 Å². The summed E-state index contributed by atoms with van der Waals surface area (Å²) < 4.78 is 0. The third kappa shape index (κ3) is 3.09. The first-order chi connectivity index (χ1) is 8.66. The van der Waals surface area contributed by atoms with Crippen molar-refractivity contribution in [3.63, 3.8) is 0 Å². The van der Waals surface area contributed by atoms with Crippen LogP contribution in [0, 0.1) is 0 Å². The van der Waals surface area contributed by atoms with Gasteiger partial charge in [0, 0.05) is 13.0 Å². The highest BCUT2D eigenvalue weighted by atomic mass is 16.2. The number of hydrogen-bond donors (Lipinski definition) is 2. The van der Waals surface area contributed by atoms with E-state index in [1.807, 2.05) is 0 Å². The zero-order valence-corrected chi connectivity index (χ0v) is 10.5. The Hall–Kier alpha value is -1.84. The fraction of sp³-hybridized carbons (Fsp3) is 0.429. The second-order valence-corrected chi connectivity index (χ2v) is 4.68. The highest BCUT2D eigenvalue weighted by molar-refractivity contribution is 6.03. The molecule has 0 aromatic heterocycles. The van der Waals surface area contributed by atoms with Gasteiger partial charge in [0.05, 0.1) is 11.3 Å². The summed E-state index contributed by atoms with van der Waals surface area (Å²) in [5.74, 6) is -0.276. The van der Waals surface area contributed by atoms with Crippen LogP contribution in [0.25, 0.3) is 0 Å². The Morgan fingerprint density at radius 2 is 1.83 bits per heavy atom. The smallest absolute Gasteiger partial charge is 0.253 e. The number of benzene rings is 1. The highest BCUT2D eigenvalue weighted by Crippen LogP contribution is 2.20. The SMILES string of the molecule is CC(=O)Nc1ccccc1C(=O)NC1CCCC1. The minimum atomic E-state index is -0.170. The molecule has 0 bridgehead atoms. The van der Waals surface area contributed by atoms with Crippen molar-refractivity contribution in [1.82, 2.24) is 5.32 Å². The molecule has 2 amide bonds. The quantitative estimate of drug-likeness (QED) is 0.859. The average molecular weight is 246 g/mol. The number of carbonyl (C=O) groups is 2. The molecule has 0 radical (unpaired) electrons. The van der Waals surface area contributed by atoms with E-state index in [0.29, 0.717) is 11.3 Å². The van der Waals surface area contributed by atoms with Crippen molar-refractivity contribution in [3.05, 3.63) is 29.8 Å². The molecular weight excluding hydrogens is 228 g/mol. The summed E-state index contributed by atoms with van der Waals surface area (Å²) in [7, 11) is 0. The molecule has 4 nitrogen and oxygen atoms in total. The van der Waals surface area contributed by atoms with Gasteiger partial charge in [-0.3, -0.25) is 9.59 Å². The maximum absolute atomic E-state index is 12.1. The Morgan fingerprint density at radius 1 is 1.17 bits per heavy atom. The van der Waals surface area contributed by atoms with E-state index < -0.39 is 0 Å². The van der Waals surface area contributed by atoms with E-state index in [4.69, 9.17) is 0 Å². The summed E-state index contributed by atoms with van der Waals surface area (Å²) in [6.45, 7) is 1.44. The monoisotopic (exact) mass is 246 g/mol. The van der Waals surface area contributed by atoms with Gasteiger partial charge >= 0.3 is 0 Å². The van der Waals surface area contributed by atoms with Crippen LogP contribution in [0.3, 0.4) is 0 Å². The van der Waals surface area contributed by atoms with Crippen molar-refractivity contribution >= 4 is 17.5 Å². The first-order valence-corrected chi connectivity index (χ1v) is 6.34. The topological polar surface area (TPSA) is 58.2 Å². The molecule has 0 heterocycles. The molecule has 2 N–H and O–H groups in total. The minimum Gasteiger partial charge on any atom is -0.349 e. The molecule has 0 atom stereocenters. The number of para-hydroxylation sites is 1. The highest BCUT2D eigenvalue weighted by Gasteiger charge is 2.19. The normalized spacial score (nSPS) is 15.4. The molecular formula is C14H18N2O2. The molecule has 1 aliphatic carbocycles. The molecule has 1 aromatic rings. The van der Waals surface area contributed by atoms with Crippen LogP contribution in [0.2, 0.25) is 0 Å². The lowest BCUT2D eigenvalue weighted by molar-refractivity contribution is -0.114. The lowest BCUT2D eigenvalue weighted by atomic mass is 10.1. The minimum absolute atomic E-state index is 0.105. The lowest BCUT2D eigenvalue weighted by Gasteiger charge is -2.14. The molecule has 96 valence electrons. The molecule has 1 aliphatic rings. The standard InChI is InChI=1S/C14H18N2O2/c1-10(17)15-13-9-5-4-8-12(13)14(18)16-11-6-2-3-7-11/h4-5,8-9,11H,2-3,6-7H2,1H3,(H,15,17)(H,16,18). The van der Waals surface area contributed by atoms with Crippen LogP contribution >= 0.6 is 0 Å². The Balaban J connectivity index is 2.10. The molecule has 2 rings (SSSR count). The average Bonchev–Trinajstić information content (AvgIpc) is 2.81. The van der Waals surface area contributed by atoms with Crippen molar-refractivity contribution in [1.29, 1.82) is 0 Å². The number of hydrogen-bond acceptors (Lipinski definition) is 2. The van der Waals surface area contributed by atoms with Gasteiger partial charge in [-0.05, 0) is 25.0 Å². The number of anilines is 1. The maximum atomic E-state index is 12.1. The van der Waals surface area contributed by atoms with Gasteiger partial charge in [0.2, 0.25) is 5.91 Å². The van der Waals surface area contributed by atoms with E-state index in [2.05, 4.69) is 10.6 Å². The molecule has 0 aliphatic heterocycles. The van der Waals surface area contributed by atoms with Crippen molar-refractivity contribution < 1.29 is 9.59 Å². The van der Waals surface area contributed by atoms with Crippen LogP contribution < -0.4 is 10.6 Å². The van der Waals surface area contributed by atoms with Gasteiger partial charge in [0.15, 0.2) is 0 Å². The third-order valence-corrected chi connectivity index (χ3v) is 3.17. The van der Waals surface area contributed by atoms with Crippen LogP contribution in [0.4, 0.5) is 5.69 Å². The second-order valence-electron chi connectivity index (χ2n) is 4.68. The zero-order chi connectivity index (χ0) is 13.0. The van der Waals surface area contributed by atoms with E-state index in [1.165, 1.54) is 19.8 Å². The maximum Gasteiger partial charge on any atom is 0.253 e. The van der Waals surface area contributed by atoms with Gasteiger partial charge in [-0.25, -0.2) is 0 Å². The Labute approximate surface area is 107 Å². The van der Waals surface area contributed by atoms with Gasteiger partial charge in [-0.2, -0.15) is 0 Å². The van der Waals surface area contributed by atoms with Gasteiger partial charge < -0.3 is 10.6 Å². The summed E-state index contributed by atoms with van der Waals surface area (Å²) >= 11 is 0. The van der Waals surface area contributed by atoms with Crippen LogP contribution in [0.1, 0.15) is 43.0 Å². The lowest BCUT2D eigenvalue weighted by Crippen LogP contribution is -2.33. The Morgan fingerprint density at radius 3 is 2.50 bits per heavy atom. The van der Waals surface area contributed by atoms with E-state index in [-0.39, 0.29) is 17.9 Å². The first-order valence-electron chi connectivity index (χ1n) is 6.34. The van der Waals surface area contributed by atoms with Crippen LogP contribution in [-0.4, -0.2) is 17.9 Å². The van der Waals surface area contributed by atoms with Crippen molar-refractivity contribution in [2.75, 3.05) is 5.32 Å². The molecule has 1 fully saturated rings. The zero-order valence-electron chi connectivity index (χ0n) is 10.5. The third-order valence-electron chi connectivity index (χ3n) is 3.17. The molecule has 0 saturated heterocycles. The summed E-state index contributed by atoms with van der Waals surface area (Å²) in [5, 5.41) is 5.70. The largest absolute Gasteiger partial charge is 0.349 e. The Kier molecular flexibility index (Phi) is 3.97. The summed E-state index contributed by atoms with van der Waals surface area (Å²) in [6.07, 6.45) is 4.46. The predicted molar refractivity (Wildman–Crippen MR) is 70.5 cm³/mol. The summed E-state index contributed by atoms with van der Waals surface area (Å²) in [4.78, 5) is 23.2. The van der Waals surface area contributed by atoms with Gasteiger partial charge in [-0.1, -0.05) is 25.0 Å². The molecule has 4 heteroatoms. The molecule has 0 spiro atoms. The summed E-state index contributed by atoms with van der Waals surface area (Å²) in [6, 6.07) is 7.36. The van der Waals surface area contributed by atoms with E-state index >= 15 is 0 Å². The van der Waals surface area contributed by atoms with Crippen LogP contribution in [0.15, 0.2) is 24.3 Å². The fourth-order valence-electron chi connectivity index (χ4n) is 2.31. The molecule has 0 unspecified atom stereocenters. The molecule has 1 saturated carbocycles. The van der Waals surface area contributed by atoms with E-state index in [0.717, 1.165) is 12.8 Å². The van der Waals surface area contributed by atoms with Gasteiger partial charge in [0.25, 0.3) is 5.91 Å².